The molecule has 1 aromatic heterocycles. The van der Waals surface area contributed by atoms with Gasteiger partial charge in [-0.25, -0.2) is 4.98 Å². The molecule has 0 aliphatic carbocycles. The van der Waals surface area contributed by atoms with E-state index >= 15 is 0 Å². The highest BCUT2D eigenvalue weighted by Crippen LogP contribution is 2.22. The van der Waals surface area contributed by atoms with Gasteiger partial charge in [0.15, 0.2) is 5.13 Å². The summed E-state index contributed by atoms with van der Waals surface area (Å²) >= 11 is 3.60. The molecule has 0 bridgehead atoms. The molecule has 1 heterocycles. The normalized spacial score (nSPS) is 13.7. The molecule has 1 unspecified atom stereocenters. The minimum atomic E-state index is 0.141. The van der Waals surface area contributed by atoms with Crippen molar-refractivity contribution >= 4 is 28.2 Å². The molecule has 0 aliphatic rings. The molecule has 3 nitrogen and oxygen atoms in total. The summed E-state index contributed by atoms with van der Waals surface area (Å²) in [5, 5.41) is 6.73. The predicted molar refractivity (Wildman–Crippen MR) is 85.0 cm³/mol. The summed E-state index contributed by atoms with van der Waals surface area (Å²) in [4.78, 5) is 6.95. The second-order valence-corrected chi connectivity index (χ2v) is 7.39. The molecule has 18 heavy (non-hydrogen) atoms. The summed E-state index contributed by atoms with van der Waals surface area (Å²) in [6.07, 6.45) is 2.14. The van der Waals surface area contributed by atoms with E-state index in [1.807, 2.05) is 11.8 Å². The molecule has 1 N–H and O–H groups in total. The Kier molecular flexibility index (Phi) is 5.95. The van der Waals surface area contributed by atoms with E-state index in [2.05, 4.69) is 61.6 Å². The Hall–Kier alpha value is -0.260. The zero-order valence-corrected chi connectivity index (χ0v) is 13.9. The van der Waals surface area contributed by atoms with Crippen LogP contribution in [0.3, 0.4) is 0 Å². The Morgan fingerprint density at radius 1 is 1.50 bits per heavy atom. The Morgan fingerprint density at radius 2 is 2.17 bits per heavy atom. The second-order valence-electron chi connectivity index (χ2n) is 5.64. The SMILES string of the molecule is CSCC(C)N(C)c1nc(CNC(C)(C)C)cs1. The molecule has 0 saturated carbocycles. The van der Waals surface area contributed by atoms with Gasteiger partial charge in [0.1, 0.15) is 0 Å². The van der Waals surface area contributed by atoms with E-state index in [9.17, 15) is 0 Å². The first-order valence-electron chi connectivity index (χ1n) is 6.24. The first kappa shape index (κ1) is 15.8. The van der Waals surface area contributed by atoms with Crippen molar-refractivity contribution in [2.45, 2.75) is 45.8 Å². The van der Waals surface area contributed by atoms with Crippen LogP contribution in [-0.4, -0.2) is 35.6 Å². The number of hydrogen-bond acceptors (Lipinski definition) is 5. The molecule has 1 rings (SSSR count). The van der Waals surface area contributed by atoms with E-state index in [0.29, 0.717) is 6.04 Å². The fourth-order valence-electron chi connectivity index (χ4n) is 1.44. The Morgan fingerprint density at radius 3 is 2.72 bits per heavy atom. The molecule has 0 saturated heterocycles. The molecule has 0 amide bonds. The Labute approximate surface area is 119 Å². The van der Waals surface area contributed by atoms with Gasteiger partial charge in [-0.05, 0) is 34.0 Å². The topological polar surface area (TPSA) is 28.2 Å². The van der Waals surface area contributed by atoms with E-state index in [-0.39, 0.29) is 5.54 Å². The van der Waals surface area contributed by atoms with Crippen LogP contribution < -0.4 is 10.2 Å². The van der Waals surface area contributed by atoms with E-state index in [4.69, 9.17) is 0 Å². The first-order valence-corrected chi connectivity index (χ1v) is 8.52. The maximum absolute atomic E-state index is 4.69. The fraction of sp³-hybridized carbons (Fsp3) is 0.769. The van der Waals surface area contributed by atoms with Crippen LogP contribution in [0.4, 0.5) is 5.13 Å². The Bertz CT molecular complexity index is 357. The van der Waals surface area contributed by atoms with E-state index in [1.54, 1.807) is 11.3 Å². The van der Waals surface area contributed by atoms with Crippen LogP contribution in [0.2, 0.25) is 0 Å². The maximum Gasteiger partial charge on any atom is 0.185 e. The Balaban J connectivity index is 2.57. The van der Waals surface area contributed by atoms with Crippen molar-refractivity contribution in [2.75, 3.05) is 24.0 Å². The summed E-state index contributed by atoms with van der Waals surface area (Å²) in [6, 6.07) is 0.523. The van der Waals surface area contributed by atoms with Crippen LogP contribution in [0.25, 0.3) is 0 Å². The third kappa shape index (κ3) is 5.16. The maximum atomic E-state index is 4.69. The van der Waals surface area contributed by atoms with Gasteiger partial charge < -0.3 is 10.2 Å². The van der Waals surface area contributed by atoms with Crippen molar-refractivity contribution in [1.82, 2.24) is 10.3 Å². The lowest BCUT2D eigenvalue weighted by Crippen LogP contribution is -2.35. The summed E-state index contributed by atoms with van der Waals surface area (Å²) in [7, 11) is 2.13. The molecule has 0 radical (unpaired) electrons. The van der Waals surface area contributed by atoms with Crippen LogP contribution in [-0.2, 0) is 6.54 Å². The van der Waals surface area contributed by atoms with Crippen molar-refractivity contribution < 1.29 is 0 Å². The largest absolute Gasteiger partial charge is 0.348 e. The first-order chi connectivity index (χ1) is 8.33. The molecule has 1 atom stereocenters. The van der Waals surface area contributed by atoms with Gasteiger partial charge in [-0.15, -0.1) is 11.3 Å². The highest BCUT2D eigenvalue weighted by Gasteiger charge is 2.14. The molecule has 5 heteroatoms. The van der Waals surface area contributed by atoms with Gasteiger partial charge in [0, 0.05) is 36.3 Å². The monoisotopic (exact) mass is 287 g/mol. The molecule has 0 spiro atoms. The number of thioether (sulfide) groups is 1. The second kappa shape index (κ2) is 6.78. The third-order valence-electron chi connectivity index (χ3n) is 2.71. The quantitative estimate of drug-likeness (QED) is 0.869. The fourth-order valence-corrected chi connectivity index (χ4v) is 3.04. The number of rotatable bonds is 6. The number of aromatic nitrogens is 1. The van der Waals surface area contributed by atoms with E-state index < -0.39 is 0 Å². The lowest BCUT2D eigenvalue weighted by molar-refractivity contribution is 0.422. The molecule has 1 aromatic rings. The zero-order chi connectivity index (χ0) is 13.8. The third-order valence-corrected chi connectivity index (χ3v) is 4.51. The van der Waals surface area contributed by atoms with Crippen molar-refractivity contribution in [1.29, 1.82) is 0 Å². The number of anilines is 1. The van der Waals surface area contributed by atoms with Crippen LogP contribution >= 0.6 is 23.1 Å². The molecule has 0 fully saturated rings. The molecule has 0 aliphatic heterocycles. The van der Waals surface area contributed by atoms with Gasteiger partial charge in [-0.2, -0.15) is 11.8 Å². The summed E-state index contributed by atoms with van der Waals surface area (Å²) in [6.45, 7) is 9.60. The zero-order valence-electron chi connectivity index (χ0n) is 12.3. The van der Waals surface area contributed by atoms with Crippen LogP contribution in [0.1, 0.15) is 33.4 Å². The average molecular weight is 287 g/mol. The lowest BCUT2D eigenvalue weighted by Gasteiger charge is -2.23. The van der Waals surface area contributed by atoms with Gasteiger partial charge >= 0.3 is 0 Å². The minimum absolute atomic E-state index is 0.141. The number of nitrogens with zero attached hydrogens (tertiary/aromatic N) is 2. The van der Waals surface area contributed by atoms with Crippen LogP contribution in [0.5, 0.6) is 0 Å². The van der Waals surface area contributed by atoms with E-state index in [1.165, 1.54) is 0 Å². The molecular formula is C13H25N3S2. The van der Waals surface area contributed by atoms with Gasteiger partial charge in [-0.1, -0.05) is 0 Å². The van der Waals surface area contributed by atoms with Gasteiger partial charge in [0.25, 0.3) is 0 Å². The molecular weight excluding hydrogens is 262 g/mol. The average Bonchev–Trinajstić information content (AvgIpc) is 2.73. The predicted octanol–water partition coefficient (Wildman–Crippen LogP) is 3.22. The number of hydrogen-bond donors (Lipinski definition) is 1. The van der Waals surface area contributed by atoms with Crippen molar-refractivity contribution in [2.24, 2.45) is 0 Å². The van der Waals surface area contributed by atoms with Gasteiger partial charge in [-0.3, -0.25) is 0 Å². The highest BCUT2D eigenvalue weighted by molar-refractivity contribution is 7.98. The lowest BCUT2D eigenvalue weighted by atomic mass is 10.1. The van der Waals surface area contributed by atoms with Gasteiger partial charge in [0.2, 0.25) is 0 Å². The number of thiazole rings is 1. The minimum Gasteiger partial charge on any atom is -0.348 e. The highest BCUT2D eigenvalue weighted by atomic mass is 32.2. The molecule has 0 aromatic carbocycles. The number of nitrogens with one attached hydrogen (secondary N) is 1. The summed E-state index contributed by atoms with van der Waals surface area (Å²) in [5.74, 6) is 1.13. The van der Waals surface area contributed by atoms with Crippen molar-refractivity contribution in [3.8, 4) is 0 Å². The standard InChI is InChI=1S/C13H25N3S2/c1-10(8-17-6)16(5)12-15-11(9-18-12)7-14-13(2,3)4/h9-10,14H,7-8H2,1-6H3. The van der Waals surface area contributed by atoms with Crippen LogP contribution in [0.15, 0.2) is 5.38 Å². The van der Waals surface area contributed by atoms with Crippen molar-refractivity contribution in [3.63, 3.8) is 0 Å². The van der Waals surface area contributed by atoms with Crippen molar-refractivity contribution in [3.05, 3.63) is 11.1 Å². The summed E-state index contributed by atoms with van der Waals surface area (Å²) < 4.78 is 0. The molecule has 104 valence electrons. The summed E-state index contributed by atoms with van der Waals surface area (Å²) in [5.41, 5.74) is 1.27. The van der Waals surface area contributed by atoms with Crippen LogP contribution in [0, 0.1) is 0 Å². The van der Waals surface area contributed by atoms with E-state index in [0.717, 1.165) is 23.1 Å². The smallest absolute Gasteiger partial charge is 0.185 e. The van der Waals surface area contributed by atoms with Gasteiger partial charge in [0.05, 0.1) is 5.69 Å².